The third-order valence-electron chi connectivity index (χ3n) is 2.54. The van der Waals surface area contributed by atoms with Gasteiger partial charge in [0.05, 0.1) is 0 Å². The van der Waals surface area contributed by atoms with E-state index in [4.69, 9.17) is 11.6 Å². The zero-order chi connectivity index (χ0) is 12.0. The Hall–Kier alpha value is -0.800. The highest BCUT2D eigenvalue weighted by Gasteiger charge is 2.07. The summed E-state index contributed by atoms with van der Waals surface area (Å²) < 4.78 is 0. The monoisotopic (exact) mass is 241 g/mol. The zero-order valence-corrected chi connectivity index (χ0v) is 11.0. The minimum Gasteiger partial charge on any atom is -0.366 e. The van der Waals surface area contributed by atoms with Gasteiger partial charge in [-0.15, -0.1) is 0 Å². The van der Waals surface area contributed by atoms with Crippen molar-refractivity contribution in [2.24, 2.45) is 0 Å². The lowest BCUT2D eigenvalue weighted by Gasteiger charge is -2.23. The van der Waals surface area contributed by atoms with E-state index in [1.807, 2.05) is 12.1 Å². The van der Waals surface area contributed by atoms with Crippen LogP contribution in [0.1, 0.15) is 20.8 Å². The van der Waals surface area contributed by atoms with Crippen molar-refractivity contribution in [1.82, 2.24) is 9.88 Å². The predicted molar refractivity (Wildman–Crippen MR) is 70.1 cm³/mol. The molecule has 0 amide bonds. The van der Waals surface area contributed by atoms with Crippen LogP contribution in [0.4, 0.5) is 5.82 Å². The molecule has 0 aliphatic carbocycles. The fraction of sp³-hybridized carbons (Fsp3) is 0.583. The molecule has 0 radical (unpaired) electrons. The molecule has 1 aromatic rings. The van der Waals surface area contributed by atoms with Gasteiger partial charge in [-0.3, -0.25) is 0 Å². The van der Waals surface area contributed by atoms with Crippen LogP contribution in [0, 0.1) is 0 Å². The Morgan fingerprint density at radius 3 is 2.62 bits per heavy atom. The van der Waals surface area contributed by atoms with Gasteiger partial charge in [0.2, 0.25) is 0 Å². The average Bonchev–Trinajstić information content (AvgIpc) is 2.26. The van der Waals surface area contributed by atoms with E-state index >= 15 is 0 Å². The van der Waals surface area contributed by atoms with Gasteiger partial charge in [-0.05, 0) is 32.1 Å². The SMILES string of the molecule is CCN(CC)CC(C)Nc1cccc(Cl)n1. The molecule has 0 aliphatic heterocycles. The molecule has 1 rings (SSSR count). The van der Waals surface area contributed by atoms with Crippen molar-refractivity contribution in [2.45, 2.75) is 26.8 Å². The van der Waals surface area contributed by atoms with E-state index in [1.165, 1.54) is 0 Å². The number of halogens is 1. The first-order valence-corrected chi connectivity index (χ1v) is 6.15. The van der Waals surface area contributed by atoms with Gasteiger partial charge in [0.15, 0.2) is 0 Å². The molecule has 0 bridgehead atoms. The molecule has 0 spiro atoms. The largest absolute Gasteiger partial charge is 0.366 e. The van der Waals surface area contributed by atoms with Crippen molar-refractivity contribution >= 4 is 17.4 Å². The Balaban J connectivity index is 2.47. The molecule has 1 aromatic heterocycles. The lowest BCUT2D eigenvalue weighted by atomic mass is 10.3. The van der Waals surface area contributed by atoms with Crippen molar-refractivity contribution in [3.05, 3.63) is 23.4 Å². The number of hydrogen-bond donors (Lipinski definition) is 1. The Bertz CT molecular complexity index is 313. The summed E-state index contributed by atoms with van der Waals surface area (Å²) in [5, 5.41) is 3.87. The number of likely N-dealkylation sites (N-methyl/N-ethyl adjacent to an activating group) is 1. The molecule has 1 heterocycles. The van der Waals surface area contributed by atoms with Gasteiger partial charge in [-0.2, -0.15) is 0 Å². The molecule has 0 aromatic carbocycles. The standard InChI is InChI=1S/C12H20ClN3/c1-4-16(5-2)9-10(3)14-12-8-6-7-11(13)15-12/h6-8,10H,4-5,9H2,1-3H3,(H,14,15). The van der Waals surface area contributed by atoms with Crippen molar-refractivity contribution in [3.63, 3.8) is 0 Å². The Morgan fingerprint density at radius 2 is 2.06 bits per heavy atom. The van der Waals surface area contributed by atoms with Crippen LogP contribution < -0.4 is 5.32 Å². The average molecular weight is 242 g/mol. The molecule has 0 fully saturated rings. The van der Waals surface area contributed by atoms with Gasteiger partial charge in [-0.25, -0.2) is 4.98 Å². The van der Waals surface area contributed by atoms with Crippen molar-refractivity contribution < 1.29 is 0 Å². The minimum absolute atomic E-state index is 0.367. The van der Waals surface area contributed by atoms with Crippen LogP contribution in [0.2, 0.25) is 5.15 Å². The summed E-state index contributed by atoms with van der Waals surface area (Å²) in [5.41, 5.74) is 0. The highest BCUT2D eigenvalue weighted by Crippen LogP contribution is 2.10. The number of nitrogens with zero attached hydrogens (tertiary/aromatic N) is 2. The fourth-order valence-corrected chi connectivity index (χ4v) is 1.82. The van der Waals surface area contributed by atoms with Crippen molar-refractivity contribution in [3.8, 4) is 0 Å². The van der Waals surface area contributed by atoms with Crippen molar-refractivity contribution in [2.75, 3.05) is 25.0 Å². The summed E-state index contributed by atoms with van der Waals surface area (Å²) in [6.07, 6.45) is 0. The van der Waals surface area contributed by atoms with E-state index in [-0.39, 0.29) is 0 Å². The molecular formula is C12H20ClN3. The fourth-order valence-electron chi connectivity index (χ4n) is 1.66. The van der Waals surface area contributed by atoms with E-state index in [9.17, 15) is 0 Å². The van der Waals surface area contributed by atoms with Gasteiger partial charge >= 0.3 is 0 Å². The van der Waals surface area contributed by atoms with Gasteiger partial charge in [0.25, 0.3) is 0 Å². The van der Waals surface area contributed by atoms with Crippen LogP contribution in [0.15, 0.2) is 18.2 Å². The van der Waals surface area contributed by atoms with E-state index in [2.05, 4.69) is 36.0 Å². The molecule has 3 nitrogen and oxygen atoms in total. The van der Waals surface area contributed by atoms with E-state index < -0.39 is 0 Å². The Morgan fingerprint density at radius 1 is 1.38 bits per heavy atom. The summed E-state index contributed by atoms with van der Waals surface area (Å²) in [5.74, 6) is 0.840. The van der Waals surface area contributed by atoms with Crippen LogP contribution in [0.5, 0.6) is 0 Å². The summed E-state index contributed by atoms with van der Waals surface area (Å²) >= 11 is 5.83. The number of pyridine rings is 1. The second-order valence-corrected chi connectivity index (χ2v) is 4.26. The number of nitrogens with one attached hydrogen (secondary N) is 1. The maximum atomic E-state index is 5.83. The lowest BCUT2D eigenvalue weighted by Crippen LogP contribution is -2.34. The van der Waals surface area contributed by atoms with E-state index in [0.717, 1.165) is 25.5 Å². The summed E-state index contributed by atoms with van der Waals surface area (Å²) in [7, 11) is 0. The molecule has 16 heavy (non-hydrogen) atoms. The Kier molecular flexibility index (Phi) is 5.56. The first-order chi connectivity index (χ1) is 7.65. The van der Waals surface area contributed by atoms with Crippen LogP contribution in [0.25, 0.3) is 0 Å². The first-order valence-electron chi connectivity index (χ1n) is 5.77. The van der Waals surface area contributed by atoms with Gasteiger partial charge < -0.3 is 10.2 Å². The minimum atomic E-state index is 0.367. The summed E-state index contributed by atoms with van der Waals surface area (Å²) in [6.45, 7) is 9.67. The molecule has 1 unspecified atom stereocenters. The third-order valence-corrected chi connectivity index (χ3v) is 2.75. The van der Waals surface area contributed by atoms with Gasteiger partial charge in [0, 0.05) is 12.6 Å². The maximum Gasteiger partial charge on any atom is 0.131 e. The highest BCUT2D eigenvalue weighted by molar-refractivity contribution is 6.29. The molecule has 4 heteroatoms. The molecule has 0 saturated heterocycles. The van der Waals surface area contributed by atoms with Crippen LogP contribution in [-0.2, 0) is 0 Å². The number of hydrogen-bond acceptors (Lipinski definition) is 3. The molecule has 90 valence electrons. The predicted octanol–water partition coefficient (Wildman–Crippen LogP) is 2.88. The zero-order valence-electron chi connectivity index (χ0n) is 10.2. The quantitative estimate of drug-likeness (QED) is 0.777. The van der Waals surface area contributed by atoms with Gasteiger partial charge in [0.1, 0.15) is 11.0 Å². The molecule has 1 atom stereocenters. The molecule has 0 aliphatic rings. The van der Waals surface area contributed by atoms with Gasteiger partial charge in [-0.1, -0.05) is 31.5 Å². The number of rotatable bonds is 6. The topological polar surface area (TPSA) is 28.2 Å². The van der Waals surface area contributed by atoms with Crippen LogP contribution in [-0.4, -0.2) is 35.6 Å². The maximum absolute atomic E-state index is 5.83. The second-order valence-electron chi connectivity index (χ2n) is 3.88. The molecule has 1 N–H and O–H groups in total. The molecule has 0 saturated carbocycles. The van der Waals surface area contributed by atoms with Crippen LogP contribution in [0.3, 0.4) is 0 Å². The Labute approximate surface area is 103 Å². The number of anilines is 1. The molecular weight excluding hydrogens is 222 g/mol. The smallest absolute Gasteiger partial charge is 0.131 e. The number of aromatic nitrogens is 1. The third kappa shape index (κ3) is 4.37. The van der Waals surface area contributed by atoms with Crippen LogP contribution >= 0.6 is 11.6 Å². The van der Waals surface area contributed by atoms with E-state index in [0.29, 0.717) is 11.2 Å². The second kappa shape index (κ2) is 6.71. The highest BCUT2D eigenvalue weighted by atomic mass is 35.5. The summed E-state index contributed by atoms with van der Waals surface area (Å²) in [4.78, 5) is 6.59. The first kappa shape index (κ1) is 13.3. The lowest BCUT2D eigenvalue weighted by molar-refractivity contribution is 0.294. The summed E-state index contributed by atoms with van der Waals surface area (Å²) in [6, 6.07) is 5.99. The van der Waals surface area contributed by atoms with E-state index in [1.54, 1.807) is 6.07 Å². The normalized spacial score (nSPS) is 12.8. The van der Waals surface area contributed by atoms with Crippen molar-refractivity contribution in [1.29, 1.82) is 0 Å².